The van der Waals surface area contributed by atoms with Gasteiger partial charge in [-0.05, 0) is 18.9 Å². The van der Waals surface area contributed by atoms with E-state index < -0.39 is 20.5 Å². The van der Waals surface area contributed by atoms with E-state index in [1.807, 2.05) is 13.8 Å². The molecule has 0 radical (unpaired) electrons. The van der Waals surface area contributed by atoms with Gasteiger partial charge in [-0.1, -0.05) is 25.4 Å². The first-order valence-electron chi connectivity index (χ1n) is 6.39. The van der Waals surface area contributed by atoms with Gasteiger partial charge < -0.3 is 5.73 Å². The van der Waals surface area contributed by atoms with Crippen LogP contribution in [-0.2, 0) is 10.0 Å². The lowest BCUT2D eigenvalue weighted by Gasteiger charge is -2.31. The number of sulfonamides is 1. The fraction of sp³-hybridized carbons (Fsp3) is 0.500. The molecule has 22 heavy (non-hydrogen) atoms. The second kappa shape index (κ2) is 8.07. The molecule has 0 heterocycles. The Hall–Kier alpha value is -0.930. The van der Waals surface area contributed by atoms with Gasteiger partial charge >= 0.3 is 0 Å². The van der Waals surface area contributed by atoms with Gasteiger partial charge in [0.15, 0.2) is 0 Å². The monoisotopic (exact) mass is 371 g/mol. The van der Waals surface area contributed by atoms with Crippen LogP contribution in [0.4, 0.5) is 5.69 Å². The number of nitrogens with zero attached hydrogens (tertiary/aromatic N) is 1. The molecule has 0 aliphatic carbocycles. The van der Waals surface area contributed by atoms with Crippen LogP contribution in [0.5, 0.6) is 0 Å². The molecule has 0 amide bonds. The van der Waals surface area contributed by atoms with Crippen LogP contribution in [0.2, 0.25) is 5.02 Å². The van der Waals surface area contributed by atoms with Crippen LogP contribution in [0, 0.1) is 10.1 Å². The number of benzene rings is 1. The zero-order valence-corrected chi connectivity index (χ0v) is 14.6. The van der Waals surface area contributed by atoms with Gasteiger partial charge in [0.2, 0.25) is 10.0 Å². The molecule has 0 saturated heterocycles. The Bertz CT molecular complexity index is 625. The molecule has 1 aromatic rings. The minimum atomic E-state index is -3.91. The van der Waals surface area contributed by atoms with Crippen LogP contribution < -0.4 is 10.5 Å². The first-order chi connectivity index (χ1) is 9.71. The number of non-ortho nitro benzene ring substituents is 1. The SMILES string of the molecule is CCC(CC)(CN)NS(=O)(=O)c1ccc([N+](=O)[O-])cc1Cl.Cl. The summed E-state index contributed by atoms with van der Waals surface area (Å²) in [7, 11) is -3.91. The summed E-state index contributed by atoms with van der Waals surface area (Å²) in [6, 6.07) is 3.23. The maximum absolute atomic E-state index is 12.4. The third-order valence-electron chi connectivity index (χ3n) is 3.51. The Morgan fingerprint density at radius 3 is 2.27 bits per heavy atom. The van der Waals surface area contributed by atoms with Crippen molar-refractivity contribution in [2.75, 3.05) is 6.54 Å². The zero-order valence-electron chi connectivity index (χ0n) is 12.2. The molecule has 0 aliphatic heterocycles. The summed E-state index contributed by atoms with van der Waals surface area (Å²) in [4.78, 5) is 9.81. The average molecular weight is 372 g/mol. The van der Waals surface area contributed by atoms with Gasteiger partial charge in [0, 0.05) is 24.2 Å². The van der Waals surface area contributed by atoms with E-state index in [-0.39, 0.29) is 34.6 Å². The van der Waals surface area contributed by atoms with Gasteiger partial charge in [0.05, 0.1) is 9.95 Å². The summed E-state index contributed by atoms with van der Waals surface area (Å²) in [5, 5.41) is 10.4. The Kier molecular flexibility index (Phi) is 7.73. The Morgan fingerprint density at radius 2 is 1.91 bits per heavy atom. The summed E-state index contributed by atoms with van der Waals surface area (Å²) in [5.74, 6) is 0. The number of nitrogens with two attached hydrogens (primary N) is 1. The third-order valence-corrected chi connectivity index (χ3v) is 5.57. The van der Waals surface area contributed by atoms with E-state index in [4.69, 9.17) is 17.3 Å². The molecule has 7 nitrogen and oxygen atoms in total. The van der Waals surface area contributed by atoms with E-state index in [2.05, 4.69) is 4.72 Å². The van der Waals surface area contributed by atoms with Gasteiger partial charge in [-0.25, -0.2) is 13.1 Å². The maximum Gasteiger partial charge on any atom is 0.271 e. The molecule has 0 spiro atoms. The minimum Gasteiger partial charge on any atom is -0.329 e. The van der Waals surface area contributed by atoms with Gasteiger partial charge in [-0.2, -0.15) is 0 Å². The normalized spacial score (nSPS) is 11.8. The maximum atomic E-state index is 12.4. The van der Waals surface area contributed by atoms with E-state index in [1.165, 1.54) is 0 Å². The Labute approximate surface area is 140 Å². The van der Waals surface area contributed by atoms with Crippen molar-refractivity contribution in [2.45, 2.75) is 37.1 Å². The van der Waals surface area contributed by atoms with Crippen molar-refractivity contribution in [3.05, 3.63) is 33.3 Å². The van der Waals surface area contributed by atoms with Crippen molar-refractivity contribution in [3.8, 4) is 0 Å². The van der Waals surface area contributed by atoms with Crippen LogP contribution in [0.1, 0.15) is 26.7 Å². The molecule has 0 aliphatic rings. The van der Waals surface area contributed by atoms with Crippen molar-refractivity contribution in [3.63, 3.8) is 0 Å². The predicted molar refractivity (Wildman–Crippen MR) is 88.0 cm³/mol. The molecule has 1 rings (SSSR count). The molecule has 0 fully saturated rings. The molecule has 1 aromatic carbocycles. The van der Waals surface area contributed by atoms with Crippen molar-refractivity contribution in [1.29, 1.82) is 0 Å². The van der Waals surface area contributed by atoms with Crippen molar-refractivity contribution >= 4 is 39.7 Å². The first-order valence-corrected chi connectivity index (χ1v) is 8.25. The van der Waals surface area contributed by atoms with Crippen molar-refractivity contribution in [2.24, 2.45) is 5.73 Å². The third kappa shape index (κ3) is 4.53. The molecule has 0 aromatic heterocycles. The van der Waals surface area contributed by atoms with Crippen LogP contribution >= 0.6 is 24.0 Å². The van der Waals surface area contributed by atoms with E-state index in [1.54, 1.807) is 0 Å². The minimum absolute atomic E-state index is 0. The van der Waals surface area contributed by atoms with Crippen LogP contribution in [-0.4, -0.2) is 25.4 Å². The quantitative estimate of drug-likeness (QED) is 0.564. The molecule has 0 unspecified atom stereocenters. The summed E-state index contributed by atoms with van der Waals surface area (Å²) >= 11 is 5.86. The largest absolute Gasteiger partial charge is 0.329 e. The van der Waals surface area contributed by atoms with Crippen molar-refractivity contribution in [1.82, 2.24) is 4.72 Å². The summed E-state index contributed by atoms with van der Waals surface area (Å²) < 4.78 is 27.4. The number of nitro benzene ring substituents is 1. The number of nitrogens with one attached hydrogen (secondary N) is 1. The first kappa shape index (κ1) is 21.1. The Balaban J connectivity index is 0.00000441. The highest BCUT2D eigenvalue weighted by molar-refractivity contribution is 7.89. The summed E-state index contributed by atoms with van der Waals surface area (Å²) in [5.41, 5.74) is 4.64. The number of nitro groups is 1. The lowest BCUT2D eigenvalue weighted by molar-refractivity contribution is -0.384. The molecular formula is C12H19Cl2N3O4S. The lowest BCUT2D eigenvalue weighted by Crippen LogP contribution is -2.52. The van der Waals surface area contributed by atoms with Crippen molar-refractivity contribution < 1.29 is 13.3 Å². The Morgan fingerprint density at radius 1 is 1.36 bits per heavy atom. The van der Waals surface area contributed by atoms with Crippen LogP contribution in [0.3, 0.4) is 0 Å². The number of hydrogen-bond acceptors (Lipinski definition) is 5. The number of rotatable bonds is 7. The highest BCUT2D eigenvalue weighted by Crippen LogP contribution is 2.27. The fourth-order valence-electron chi connectivity index (χ4n) is 1.89. The molecule has 3 N–H and O–H groups in total. The second-order valence-electron chi connectivity index (χ2n) is 4.67. The van der Waals surface area contributed by atoms with Gasteiger partial charge in [0.1, 0.15) is 4.90 Å². The predicted octanol–water partition coefficient (Wildman–Crippen LogP) is 2.47. The van der Waals surface area contributed by atoms with Crippen LogP contribution in [0.15, 0.2) is 23.1 Å². The smallest absolute Gasteiger partial charge is 0.271 e. The van der Waals surface area contributed by atoms with Gasteiger partial charge in [-0.15, -0.1) is 12.4 Å². The molecule has 0 atom stereocenters. The van der Waals surface area contributed by atoms with Gasteiger partial charge in [-0.3, -0.25) is 10.1 Å². The highest BCUT2D eigenvalue weighted by Gasteiger charge is 2.32. The lowest BCUT2D eigenvalue weighted by atomic mass is 9.95. The average Bonchev–Trinajstić information content (AvgIpc) is 2.44. The molecule has 0 saturated carbocycles. The van der Waals surface area contributed by atoms with E-state index in [0.29, 0.717) is 12.8 Å². The van der Waals surface area contributed by atoms with Crippen LogP contribution in [0.25, 0.3) is 0 Å². The summed E-state index contributed by atoms with van der Waals surface area (Å²) in [6.45, 7) is 3.80. The fourth-order valence-corrected chi connectivity index (χ4v) is 3.98. The number of halogens is 2. The van der Waals surface area contributed by atoms with E-state index in [0.717, 1.165) is 18.2 Å². The molecule has 10 heteroatoms. The zero-order chi connectivity index (χ0) is 16.3. The number of hydrogen-bond donors (Lipinski definition) is 2. The van der Waals surface area contributed by atoms with E-state index in [9.17, 15) is 18.5 Å². The topological polar surface area (TPSA) is 115 Å². The summed E-state index contributed by atoms with van der Waals surface area (Å²) in [6.07, 6.45) is 1.04. The van der Waals surface area contributed by atoms with Gasteiger partial charge in [0.25, 0.3) is 5.69 Å². The molecule has 126 valence electrons. The standard InChI is InChI=1S/C12H18ClN3O4S.ClH/c1-3-12(4-2,8-14)15-21(19,20)11-6-5-9(16(17)18)7-10(11)13;/h5-7,15H,3-4,8,14H2,1-2H3;1H. The van der Waals surface area contributed by atoms with E-state index >= 15 is 0 Å². The molecule has 0 bridgehead atoms. The molecular weight excluding hydrogens is 353 g/mol. The second-order valence-corrected chi connectivity index (χ2v) is 6.73. The highest BCUT2D eigenvalue weighted by atomic mass is 35.5.